The highest BCUT2D eigenvalue weighted by atomic mass is 15.3. The molecular weight excluding hydrogens is 248 g/mol. The van der Waals surface area contributed by atoms with E-state index in [4.69, 9.17) is 5.73 Å². The van der Waals surface area contributed by atoms with Crippen LogP contribution < -0.4 is 10.6 Å². The maximum Gasteiger partial charge on any atom is 0.151 e. The van der Waals surface area contributed by atoms with Crippen LogP contribution in [0.1, 0.15) is 23.1 Å². The van der Waals surface area contributed by atoms with E-state index in [0.29, 0.717) is 0 Å². The standard InChI is InChI=1S/C16H22N4/c1-10-6-11(2)16(12(3)7-10)14-8-15(19-18-14)20-5-4-13(17)9-20/h6-8,13H,4-5,9,17H2,1-3H3,(H,18,19). The summed E-state index contributed by atoms with van der Waals surface area (Å²) in [4.78, 5) is 2.25. The Hall–Kier alpha value is -1.81. The summed E-state index contributed by atoms with van der Waals surface area (Å²) in [7, 11) is 0. The quantitative estimate of drug-likeness (QED) is 0.881. The third-order valence-electron chi connectivity index (χ3n) is 4.06. The van der Waals surface area contributed by atoms with Crippen LogP contribution in [0.3, 0.4) is 0 Å². The Morgan fingerprint density at radius 3 is 2.50 bits per heavy atom. The molecule has 0 amide bonds. The van der Waals surface area contributed by atoms with Gasteiger partial charge >= 0.3 is 0 Å². The van der Waals surface area contributed by atoms with Crippen LogP contribution in [0, 0.1) is 20.8 Å². The molecule has 1 aliphatic rings. The second-order valence-electron chi connectivity index (χ2n) is 5.91. The van der Waals surface area contributed by atoms with Crippen LogP contribution in [0.25, 0.3) is 11.3 Å². The van der Waals surface area contributed by atoms with Crippen molar-refractivity contribution in [3.05, 3.63) is 34.9 Å². The Morgan fingerprint density at radius 2 is 1.90 bits per heavy atom. The summed E-state index contributed by atoms with van der Waals surface area (Å²) < 4.78 is 0. The van der Waals surface area contributed by atoms with Crippen molar-refractivity contribution in [1.82, 2.24) is 10.2 Å². The minimum absolute atomic E-state index is 0.276. The van der Waals surface area contributed by atoms with Crippen LogP contribution in [0.2, 0.25) is 0 Å². The fraction of sp³-hybridized carbons (Fsp3) is 0.438. The zero-order chi connectivity index (χ0) is 14.3. The second-order valence-corrected chi connectivity index (χ2v) is 5.91. The number of benzene rings is 1. The lowest BCUT2D eigenvalue weighted by Crippen LogP contribution is -2.26. The number of nitrogens with zero attached hydrogens (tertiary/aromatic N) is 2. The summed E-state index contributed by atoms with van der Waals surface area (Å²) in [5.41, 5.74) is 12.2. The first-order valence-corrected chi connectivity index (χ1v) is 7.19. The molecule has 0 aliphatic carbocycles. The van der Waals surface area contributed by atoms with Gasteiger partial charge in [-0.3, -0.25) is 5.10 Å². The molecule has 1 atom stereocenters. The summed E-state index contributed by atoms with van der Waals surface area (Å²) >= 11 is 0. The SMILES string of the molecule is Cc1cc(C)c(-c2cc(N3CCC(N)C3)n[nH]2)c(C)c1. The van der Waals surface area contributed by atoms with Crippen LogP contribution in [0.15, 0.2) is 18.2 Å². The first kappa shape index (κ1) is 13.2. The maximum absolute atomic E-state index is 5.97. The van der Waals surface area contributed by atoms with Crippen molar-refractivity contribution in [1.29, 1.82) is 0 Å². The van der Waals surface area contributed by atoms with Crippen molar-refractivity contribution in [3.8, 4) is 11.3 Å². The zero-order valence-electron chi connectivity index (χ0n) is 12.4. The number of nitrogens with one attached hydrogen (secondary N) is 1. The molecule has 1 unspecified atom stereocenters. The van der Waals surface area contributed by atoms with Crippen molar-refractivity contribution in [2.24, 2.45) is 5.73 Å². The molecule has 1 aromatic heterocycles. The van der Waals surface area contributed by atoms with Crippen LogP contribution in [0.5, 0.6) is 0 Å². The molecule has 106 valence electrons. The molecule has 3 N–H and O–H groups in total. The molecule has 2 heterocycles. The van der Waals surface area contributed by atoms with Crippen LogP contribution in [-0.2, 0) is 0 Å². The van der Waals surface area contributed by atoms with Crippen molar-refractivity contribution in [2.45, 2.75) is 33.2 Å². The monoisotopic (exact) mass is 270 g/mol. The number of H-pyrrole nitrogens is 1. The van der Waals surface area contributed by atoms with E-state index in [1.54, 1.807) is 0 Å². The predicted molar refractivity (Wildman–Crippen MR) is 83.0 cm³/mol. The zero-order valence-corrected chi connectivity index (χ0v) is 12.4. The molecule has 1 aliphatic heterocycles. The van der Waals surface area contributed by atoms with E-state index in [9.17, 15) is 0 Å². The average molecular weight is 270 g/mol. The molecule has 0 bridgehead atoms. The van der Waals surface area contributed by atoms with Gasteiger partial charge in [-0.05, 0) is 38.3 Å². The van der Waals surface area contributed by atoms with Gasteiger partial charge in [-0.2, -0.15) is 5.10 Å². The van der Waals surface area contributed by atoms with E-state index in [1.807, 2.05) is 0 Å². The lowest BCUT2D eigenvalue weighted by Gasteiger charge is -2.13. The van der Waals surface area contributed by atoms with Gasteiger partial charge in [-0.1, -0.05) is 17.7 Å². The molecule has 1 fully saturated rings. The largest absolute Gasteiger partial charge is 0.354 e. The Morgan fingerprint density at radius 1 is 1.20 bits per heavy atom. The Kier molecular flexibility index (Phi) is 3.26. The third kappa shape index (κ3) is 2.31. The molecule has 0 radical (unpaired) electrons. The highest BCUT2D eigenvalue weighted by Gasteiger charge is 2.21. The lowest BCUT2D eigenvalue weighted by molar-refractivity contribution is 0.751. The molecular formula is C16H22N4. The fourth-order valence-electron chi connectivity index (χ4n) is 3.20. The van der Waals surface area contributed by atoms with Crippen LogP contribution in [-0.4, -0.2) is 29.3 Å². The smallest absolute Gasteiger partial charge is 0.151 e. The van der Waals surface area contributed by atoms with E-state index < -0.39 is 0 Å². The maximum atomic E-state index is 5.97. The predicted octanol–water partition coefficient (Wildman–Crippen LogP) is 2.54. The average Bonchev–Trinajstić information content (AvgIpc) is 2.96. The van der Waals surface area contributed by atoms with E-state index in [-0.39, 0.29) is 6.04 Å². The molecule has 20 heavy (non-hydrogen) atoms. The molecule has 3 rings (SSSR count). The second kappa shape index (κ2) is 4.94. The van der Waals surface area contributed by atoms with E-state index >= 15 is 0 Å². The highest BCUT2D eigenvalue weighted by Crippen LogP contribution is 2.29. The number of aromatic amines is 1. The van der Waals surface area contributed by atoms with Gasteiger partial charge in [0.25, 0.3) is 0 Å². The Balaban J connectivity index is 1.94. The van der Waals surface area contributed by atoms with Gasteiger partial charge in [-0.25, -0.2) is 0 Å². The van der Waals surface area contributed by atoms with Gasteiger partial charge < -0.3 is 10.6 Å². The number of nitrogens with two attached hydrogens (primary N) is 1. The third-order valence-corrected chi connectivity index (χ3v) is 4.06. The normalized spacial score (nSPS) is 18.8. The van der Waals surface area contributed by atoms with Gasteiger partial charge in [0, 0.05) is 30.8 Å². The molecule has 1 saturated heterocycles. The number of anilines is 1. The molecule has 0 spiro atoms. The topological polar surface area (TPSA) is 57.9 Å². The highest BCUT2D eigenvalue weighted by molar-refractivity contribution is 5.70. The van der Waals surface area contributed by atoms with Crippen LogP contribution in [0.4, 0.5) is 5.82 Å². The minimum Gasteiger partial charge on any atom is -0.354 e. The summed E-state index contributed by atoms with van der Waals surface area (Å²) in [6.07, 6.45) is 1.05. The molecule has 0 saturated carbocycles. The van der Waals surface area contributed by atoms with Crippen LogP contribution >= 0.6 is 0 Å². The summed E-state index contributed by atoms with van der Waals surface area (Å²) in [6, 6.07) is 6.85. The fourth-order valence-corrected chi connectivity index (χ4v) is 3.20. The Labute approximate surface area is 120 Å². The first-order chi connectivity index (χ1) is 9.54. The van der Waals surface area contributed by atoms with Gasteiger partial charge in [0.15, 0.2) is 5.82 Å². The minimum atomic E-state index is 0.276. The molecule has 4 nitrogen and oxygen atoms in total. The van der Waals surface area contributed by atoms with Crippen molar-refractivity contribution in [2.75, 3.05) is 18.0 Å². The Bertz CT molecular complexity index is 606. The molecule has 1 aromatic carbocycles. The summed E-state index contributed by atoms with van der Waals surface area (Å²) in [5.74, 6) is 1.01. The van der Waals surface area contributed by atoms with Crippen molar-refractivity contribution < 1.29 is 0 Å². The van der Waals surface area contributed by atoms with E-state index in [2.05, 4.69) is 54.1 Å². The van der Waals surface area contributed by atoms with Gasteiger partial charge in [0.2, 0.25) is 0 Å². The van der Waals surface area contributed by atoms with Gasteiger partial charge in [0.1, 0.15) is 0 Å². The van der Waals surface area contributed by atoms with Gasteiger partial charge in [0.05, 0.1) is 5.69 Å². The summed E-state index contributed by atoms with van der Waals surface area (Å²) in [5, 5.41) is 7.64. The lowest BCUT2D eigenvalue weighted by atomic mass is 9.97. The molecule has 4 heteroatoms. The van der Waals surface area contributed by atoms with Crippen molar-refractivity contribution >= 4 is 5.82 Å². The number of rotatable bonds is 2. The first-order valence-electron chi connectivity index (χ1n) is 7.19. The summed E-state index contributed by atoms with van der Waals surface area (Å²) in [6.45, 7) is 8.34. The van der Waals surface area contributed by atoms with Gasteiger partial charge in [-0.15, -0.1) is 0 Å². The van der Waals surface area contributed by atoms with E-state index in [1.165, 1.54) is 22.3 Å². The number of hydrogen-bond donors (Lipinski definition) is 2. The number of aryl methyl sites for hydroxylation is 3. The van der Waals surface area contributed by atoms with Crippen molar-refractivity contribution in [3.63, 3.8) is 0 Å². The number of hydrogen-bond acceptors (Lipinski definition) is 3. The molecule has 2 aromatic rings. The van der Waals surface area contributed by atoms with E-state index in [0.717, 1.165) is 31.0 Å². The number of aromatic nitrogens is 2.